The van der Waals surface area contributed by atoms with Gasteiger partial charge in [-0.15, -0.1) is 0 Å². The number of hydrogen-bond donors (Lipinski definition) is 2. The SMILES string of the molecule is CC(=O)OCC(=O)N[C@@H](Cc1ccccc1)C(N)=O. The summed E-state index contributed by atoms with van der Waals surface area (Å²) >= 11 is 0. The van der Waals surface area contributed by atoms with Gasteiger partial charge in [0.2, 0.25) is 5.91 Å². The normalized spacial score (nSPS) is 11.4. The van der Waals surface area contributed by atoms with E-state index in [0.29, 0.717) is 6.42 Å². The maximum Gasteiger partial charge on any atom is 0.303 e. The maximum atomic E-state index is 11.5. The fourth-order valence-corrected chi connectivity index (χ4v) is 1.48. The lowest BCUT2D eigenvalue weighted by Gasteiger charge is -2.15. The van der Waals surface area contributed by atoms with Crippen molar-refractivity contribution in [2.45, 2.75) is 19.4 Å². The maximum absolute atomic E-state index is 11.5. The molecule has 0 saturated carbocycles. The molecule has 2 amide bonds. The molecule has 0 aromatic heterocycles. The second kappa shape index (κ2) is 7.15. The largest absolute Gasteiger partial charge is 0.456 e. The van der Waals surface area contributed by atoms with Crippen LogP contribution in [-0.2, 0) is 25.5 Å². The highest BCUT2D eigenvalue weighted by Gasteiger charge is 2.18. The van der Waals surface area contributed by atoms with Crippen LogP contribution >= 0.6 is 0 Å². The summed E-state index contributed by atoms with van der Waals surface area (Å²) in [5.41, 5.74) is 6.10. The molecule has 0 spiro atoms. The topological polar surface area (TPSA) is 98.5 Å². The summed E-state index contributed by atoms with van der Waals surface area (Å²) in [4.78, 5) is 33.3. The van der Waals surface area contributed by atoms with Crippen molar-refractivity contribution < 1.29 is 19.1 Å². The van der Waals surface area contributed by atoms with Crippen molar-refractivity contribution in [1.29, 1.82) is 0 Å². The molecule has 0 radical (unpaired) electrons. The van der Waals surface area contributed by atoms with E-state index in [9.17, 15) is 14.4 Å². The van der Waals surface area contributed by atoms with Crippen molar-refractivity contribution in [3.05, 3.63) is 35.9 Å². The number of nitrogens with one attached hydrogen (secondary N) is 1. The van der Waals surface area contributed by atoms with Crippen LogP contribution in [0.25, 0.3) is 0 Å². The zero-order valence-electron chi connectivity index (χ0n) is 10.6. The van der Waals surface area contributed by atoms with Crippen molar-refractivity contribution in [2.75, 3.05) is 6.61 Å². The average Bonchev–Trinajstić information content (AvgIpc) is 2.36. The van der Waals surface area contributed by atoms with Gasteiger partial charge in [-0.05, 0) is 5.56 Å². The molecule has 1 atom stereocenters. The number of nitrogens with two attached hydrogens (primary N) is 1. The van der Waals surface area contributed by atoms with Gasteiger partial charge in [0.1, 0.15) is 6.04 Å². The molecule has 0 aliphatic carbocycles. The highest BCUT2D eigenvalue weighted by Crippen LogP contribution is 2.03. The van der Waals surface area contributed by atoms with Crippen LogP contribution in [0, 0.1) is 0 Å². The second-order valence-electron chi connectivity index (χ2n) is 3.99. The standard InChI is InChI=1S/C13H16N2O4/c1-9(16)19-8-12(17)15-11(13(14)18)7-10-5-3-2-4-6-10/h2-6,11H,7-8H2,1H3,(H2,14,18)(H,15,17)/t11-/m0/s1. The molecule has 102 valence electrons. The Balaban J connectivity index is 2.56. The second-order valence-corrected chi connectivity index (χ2v) is 3.99. The van der Waals surface area contributed by atoms with Gasteiger partial charge in [0.05, 0.1) is 0 Å². The van der Waals surface area contributed by atoms with Crippen molar-refractivity contribution >= 4 is 17.8 Å². The van der Waals surface area contributed by atoms with Crippen LogP contribution in [0.2, 0.25) is 0 Å². The molecule has 0 saturated heterocycles. The van der Waals surface area contributed by atoms with Crippen molar-refractivity contribution in [3.8, 4) is 0 Å². The first kappa shape index (κ1) is 14.7. The Hall–Kier alpha value is -2.37. The molecular formula is C13H16N2O4. The molecule has 0 aliphatic heterocycles. The summed E-state index contributed by atoms with van der Waals surface area (Å²) in [6, 6.07) is 8.33. The molecule has 0 aliphatic rings. The van der Waals surface area contributed by atoms with E-state index in [0.717, 1.165) is 5.56 Å². The number of primary amides is 1. The minimum absolute atomic E-state index is 0.294. The van der Waals surface area contributed by atoms with Crippen LogP contribution < -0.4 is 11.1 Å². The summed E-state index contributed by atoms with van der Waals surface area (Å²) in [5.74, 6) is -1.76. The summed E-state index contributed by atoms with van der Waals surface area (Å²) in [6.07, 6.45) is 0.294. The number of carbonyl (C=O) groups is 3. The molecule has 0 heterocycles. The van der Waals surface area contributed by atoms with Gasteiger partial charge in [-0.25, -0.2) is 0 Å². The number of hydrogen-bond acceptors (Lipinski definition) is 4. The van der Waals surface area contributed by atoms with Gasteiger partial charge in [-0.2, -0.15) is 0 Å². The lowest BCUT2D eigenvalue weighted by atomic mass is 10.1. The van der Waals surface area contributed by atoms with Gasteiger partial charge in [-0.1, -0.05) is 30.3 Å². The van der Waals surface area contributed by atoms with E-state index in [2.05, 4.69) is 10.1 Å². The van der Waals surface area contributed by atoms with Crippen LogP contribution in [0.1, 0.15) is 12.5 Å². The molecule has 0 unspecified atom stereocenters. The van der Waals surface area contributed by atoms with Gasteiger partial charge in [-0.3, -0.25) is 14.4 Å². The average molecular weight is 264 g/mol. The number of benzene rings is 1. The van der Waals surface area contributed by atoms with E-state index in [1.165, 1.54) is 6.92 Å². The minimum atomic E-state index is -0.828. The molecule has 6 heteroatoms. The zero-order valence-corrected chi connectivity index (χ0v) is 10.6. The Bertz CT molecular complexity index is 459. The van der Waals surface area contributed by atoms with Crippen molar-refractivity contribution in [1.82, 2.24) is 5.32 Å². The molecule has 0 bridgehead atoms. The third-order valence-corrected chi connectivity index (χ3v) is 2.37. The predicted octanol–water partition coefficient (Wildman–Crippen LogP) is -0.238. The van der Waals surface area contributed by atoms with Crippen LogP contribution in [-0.4, -0.2) is 30.4 Å². The lowest BCUT2D eigenvalue weighted by molar-refractivity contribution is -0.146. The first-order valence-electron chi connectivity index (χ1n) is 5.75. The molecule has 0 fully saturated rings. The van der Waals surface area contributed by atoms with Crippen molar-refractivity contribution in [2.24, 2.45) is 5.73 Å². The number of amides is 2. The molecule has 1 rings (SSSR count). The number of ether oxygens (including phenoxy) is 1. The van der Waals surface area contributed by atoms with Gasteiger partial charge in [0.25, 0.3) is 5.91 Å². The molecule has 1 aromatic rings. The van der Waals surface area contributed by atoms with E-state index >= 15 is 0 Å². The Morgan fingerprint density at radius 1 is 1.26 bits per heavy atom. The van der Waals surface area contributed by atoms with E-state index in [1.807, 2.05) is 30.3 Å². The highest BCUT2D eigenvalue weighted by molar-refractivity contribution is 5.87. The van der Waals surface area contributed by atoms with E-state index in [-0.39, 0.29) is 0 Å². The summed E-state index contributed by atoms with van der Waals surface area (Å²) < 4.78 is 4.53. The Morgan fingerprint density at radius 3 is 2.42 bits per heavy atom. The van der Waals surface area contributed by atoms with E-state index < -0.39 is 30.4 Å². The number of rotatable bonds is 6. The summed E-state index contributed by atoms with van der Waals surface area (Å²) in [7, 11) is 0. The van der Waals surface area contributed by atoms with Crippen LogP contribution in [0.4, 0.5) is 0 Å². The minimum Gasteiger partial charge on any atom is -0.456 e. The molecule has 1 aromatic carbocycles. The van der Waals surface area contributed by atoms with Gasteiger partial charge in [0.15, 0.2) is 6.61 Å². The van der Waals surface area contributed by atoms with E-state index in [1.54, 1.807) is 0 Å². The Labute approximate surface area is 110 Å². The summed E-state index contributed by atoms with van der Waals surface area (Å²) in [5, 5.41) is 2.43. The van der Waals surface area contributed by atoms with Crippen LogP contribution in [0.3, 0.4) is 0 Å². The van der Waals surface area contributed by atoms with Gasteiger partial charge >= 0.3 is 5.97 Å². The van der Waals surface area contributed by atoms with Crippen LogP contribution in [0.5, 0.6) is 0 Å². The quantitative estimate of drug-likeness (QED) is 0.693. The van der Waals surface area contributed by atoms with Gasteiger partial charge < -0.3 is 15.8 Å². The Morgan fingerprint density at radius 2 is 1.89 bits per heavy atom. The number of esters is 1. The molecular weight excluding hydrogens is 248 g/mol. The molecule has 3 N–H and O–H groups in total. The zero-order chi connectivity index (χ0) is 14.3. The first-order valence-corrected chi connectivity index (χ1v) is 5.75. The fraction of sp³-hybridized carbons (Fsp3) is 0.308. The third kappa shape index (κ3) is 5.67. The fourth-order valence-electron chi connectivity index (χ4n) is 1.48. The first-order chi connectivity index (χ1) is 8.99. The summed E-state index contributed by atoms with van der Waals surface area (Å²) in [6.45, 7) is 0.775. The smallest absolute Gasteiger partial charge is 0.303 e. The van der Waals surface area contributed by atoms with Crippen molar-refractivity contribution in [3.63, 3.8) is 0 Å². The van der Waals surface area contributed by atoms with Gasteiger partial charge in [0, 0.05) is 13.3 Å². The third-order valence-electron chi connectivity index (χ3n) is 2.37. The molecule has 6 nitrogen and oxygen atoms in total. The predicted molar refractivity (Wildman–Crippen MR) is 67.9 cm³/mol. The van der Waals surface area contributed by atoms with Crippen LogP contribution in [0.15, 0.2) is 30.3 Å². The monoisotopic (exact) mass is 264 g/mol. The lowest BCUT2D eigenvalue weighted by Crippen LogP contribution is -2.47. The molecule has 19 heavy (non-hydrogen) atoms. The Kier molecular flexibility index (Phi) is 5.53. The number of carbonyl (C=O) groups excluding carboxylic acids is 3. The highest BCUT2D eigenvalue weighted by atomic mass is 16.5. The van der Waals surface area contributed by atoms with E-state index in [4.69, 9.17) is 5.73 Å².